The van der Waals surface area contributed by atoms with Gasteiger partial charge >= 0.3 is 6.09 Å². The van der Waals surface area contributed by atoms with Crippen molar-refractivity contribution in [1.29, 1.82) is 0 Å². The Morgan fingerprint density at radius 1 is 1.52 bits per heavy atom. The Morgan fingerprint density at radius 2 is 2.26 bits per heavy atom. The van der Waals surface area contributed by atoms with E-state index in [0.29, 0.717) is 24.5 Å². The van der Waals surface area contributed by atoms with E-state index in [1.165, 1.54) is 0 Å². The van der Waals surface area contributed by atoms with Gasteiger partial charge in [0.05, 0.1) is 23.9 Å². The smallest absolute Gasteiger partial charge is 0.407 e. The van der Waals surface area contributed by atoms with Crippen LogP contribution in [0.4, 0.5) is 4.79 Å². The lowest BCUT2D eigenvalue weighted by Gasteiger charge is -2.27. The first kappa shape index (κ1) is 14.8. The van der Waals surface area contributed by atoms with Crippen molar-refractivity contribution in [3.63, 3.8) is 0 Å². The fourth-order valence-electron chi connectivity index (χ4n) is 4.01. The first-order valence-corrected chi connectivity index (χ1v) is 8.18. The van der Waals surface area contributed by atoms with E-state index in [1.807, 2.05) is 6.07 Å². The lowest BCUT2D eigenvalue weighted by molar-refractivity contribution is 0.0292. The molecule has 2 aliphatic carbocycles. The van der Waals surface area contributed by atoms with Crippen LogP contribution in [0.15, 0.2) is 18.3 Å². The third-order valence-corrected chi connectivity index (χ3v) is 5.28. The van der Waals surface area contributed by atoms with E-state index in [-0.39, 0.29) is 24.0 Å². The molecule has 3 N–H and O–H groups in total. The molecule has 122 valence electrons. The number of carbonyl (C=O) groups is 1. The van der Waals surface area contributed by atoms with Crippen molar-refractivity contribution in [2.24, 2.45) is 11.8 Å². The number of carbonyl (C=O) groups excluding carboxylic acids is 1. The number of nitrogens with zero attached hydrogens (tertiary/aromatic N) is 1. The fraction of sp³-hybridized carbons (Fsp3) is 0.500. The Balaban J connectivity index is 1.54. The molecule has 1 amide bonds. The second-order valence-corrected chi connectivity index (χ2v) is 6.88. The highest BCUT2D eigenvalue weighted by atomic mass is 35.5. The summed E-state index contributed by atoms with van der Waals surface area (Å²) in [5.41, 5.74) is 0.716. The molecule has 0 aliphatic heterocycles. The number of benzene rings is 1. The van der Waals surface area contributed by atoms with Crippen molar-refractivity contribution in [2.75, 3.05) is 6.61 Å². The van der Waals surface area contributed by atoms with Gasteiger partial charge in [0.1, 0.15) is 0 Å². The number of rotatable bonds is 3. The summed E-state index contributed by atoms with van der Waals surface area (Å²) < 4.78 is 4.92. The molecule has 0 bridgehead atoms. The van der Waals surface area contributed by atoms with Gasteiger partial charge in [0.25, 0.3) is 0 Å². The first-order chi connectivity index (χ1) is 11.0. The molecule has 4 rings (SSSR count). The summed E-state index contributed by atoms with van der Waals surface area (Å²) in [6.45, 7) is 2.14. The maximum Gasteiger partial charge on any atom is 0.407 e. The van der Waals surface area contributed by atoms with Crippen molar-refractivity contribution in [3.8, 4) is 0 Å². The average Bonchev–Trinajstić information content (AvgIpc) is 2.90. The summed E-state index contributed by atoms with van der Waals surface area (Å²) in [5, 5.41) is 22.4. The van der Waals surface area contributed by atoms with Crippen molar-refractivity contribution < 1.29 is 14.6 Å². The minimum Gasteiger partial charge on any atom is -0.450 e. The van der Waals surface area contributed by atoms with Crippen LogP contribution in [-0.4, -0.2) is 34.0 Å². The van der Waals surface area contributed by atoms with Gasteiger partial charge in [-0.3, -0.25) is 5.10 Å². The summed E-state index contributed by atoms with van der Waals surface area (Å²) in [7, 11) is 0. The van der Waals surface area contributed by atoms with Crippen LogP contribution in [0.5, 0.6) is 0 Å². The van der Waals surface area contributed by atoms with E-state index < -0.39 is 5.60 Å². The molecular weight excluding hydrogens is 318 g/mol. The van der Waals surface area contributed by atoms with E-state index in [4.69, 9.17) is 16.3 Å². The minimum atomic E-state index is -0.921. The minimum absolute atomic E-state index is 0.105. The topological polar surface area (TPSA) is 87.2 Å². The maximum absolute atomic E-state index is 11.5. The van der Waals surface area contributed by atoms with Crippen molar-refractivity contribution >= 4 is 28.6 Å². The number of H-pyrrole nitrogens is 1. The van der Waals surface area contributed by atoms with Gasteiger partial charge in [0.2, 0.25) is 0 Å². The van der Waals surface area contributed by atoms with Gasteiger partial charge in [-0.1, -0.05) is 11.6 Å². The van der Waals surface area contributed by atoms with Crippen LogP contribution in [-0.2, 0) is 10.3 Å². The fourth-order valence-corrected chi connectivity index (χ4v) is 4.23. The van der Waals surface area contributed by atoms with Gasteiger partial charge in [0, 0.05) is 16.5 Å². The molecule has 1 aromatic carbocycles. The monoisotopic (exact) mass is 335 g/mol. The maximum atomic E-state index is 11.5. The normalized spacial score (nSPS) is 31.9. The number of fused-ring (bicyclic) bond motifs is 2. The standard InChI is InChI=1S/C16H18ClN3O3/c1-2-23-15(21)19-14-9-5-16(22,6-10(9)14)12-3-8(17)4-13-11(12)7-18-20-13/h3-4,7,9-10,14,22H,2,5-6H2,1H3,(H,18,20)(H,19,21)/t9-,10+,14+,16+. The zero-order valence-corrected chi connectivity index (χ0v) is 13.4. The molecule has 0 saturated heterocycles. The number of hydrogen-bond acceptors (Lipinski definition) is 4. The van der Waals surface area contributed by atoms with Gasteiger partial charge in [0.15, 0.2) is 0 Å². The van der Waals surface area contributed by atoms with Crippen LogP contribution in [0.25, 0.3) is 10.9 Å². The highest BCUT2D eigenvalue weighted by molar-refractivity contribution is 6.31. The van der Waals surface area contributed by atoms with Crippen LogP contribution < -0.4 is 5.32 Å². The van der Waals surface area contributed by atoms with Gasteiger partial charge in [-0.25, -0.2) is 4.79 Å². The third kappa shape index (κ3) is 2.37. The summed E-state index contributed by atoms with van der Waals surface area (Å²) in [4.78, 5) is 11.5. The van der Waals surface area contributed by atoms with Crippen LogP contribution in [0.1, 0.15) is 25.3 Å². The molecule has 6 nitrogen and oxygen atoms in total. The predicted octanol–water partition coefficient (Wildman–Crippen LogP) is 2.56. The number of hydrogen-bond donors (Lipinski definition) is 3. The first-order valence-electron chi connectivity index (χ1n) is 7.80. The molecule has 2 aromatic rings. The second-order valence-electron chi connectivity index (χ2n) is 6.44. The molecule has 2 saturated carbocycles. The highest BCUT2D eigenvalue weighted by Gasteiger charge is 2.62. The summed E-state index contributed by atoms with van der Waals surface area (Å²) in [6, 6.07) is 3.73. The van der Waals surface area contributed by atoms with E-state index in [1.54, 1.807) is 19.2 Å². The lowest BCUT2D eigenvalue weighted by atomic mass is 9.86. The molecule has 1 heterocycles. The average molecular weight is 336 g/mol. The molecule has 2 fully saturated rings. The predicted molar refractivity (Wildman–Crippen MR) is 85.2 cm³/mol. The molecule has 4 atom stereocenters. The number of halogens is 1. The van der Waals surface area contributed by atoms with Gasteiger partial charge in [-0.15, -0.1) is 0 Å². The number of nitrogens with one attached hydrogen (secondary N) is 2. The Kier molecular flexibility index (Phi) is 3.28. The Hall–Kier alpha value is -1.79. The Labute approximate surface area is 138 Å². The van der Waals surface area contributed by atoms with E-state index >= 15 is 0 Å². The van der Waals surface area contributed by atoms with E-state index in [2.05, 4.69) is 15.5 Å². The number of aliphatic hydroxyl groups is 1. The summed E-state index contributed by atoms with van der Waals surface area (Å²) in [5.74, 6) is 0.565. The quantitative estimate of drug-likeness (QED) is 0.804. The zero-order chi connectivity index (χ0) is 16.2. The van der Waals surface area contributed by atoms with E-state index in [9.17, 15) is 9.90 Å². The van der Waals surface area contributed by atoms with Gasteiger partial charge in [-0.05, 0) is 49.3 Å². The summed E-state index contributed by atoms with van der Waals surface area (Å²) in [6.07, 6.45) is 2.55. The molecular formula is C16H18ClN3O3. The number of amides is 1. The molecule has 7 heteroatoms. The molecule has 23 heavy (non-hydrogen) atoms. The number of aromatic nitrogens is 2. The zero-order valence-electron chi connectivity index (χ0n) is 12.7. The third-order valence-electron chi connectivity index (χ3n) is 5.06. The largest absolute Gasteiger partial charge is 0.450 e. The van der Waals surface area contributed by atoms with Crippen LogP contribution in [0, 0.1) is 11.8 Å². The Morgan fingerprint density at radius 3 is 2.96 bits per heavy atom. The van der Waals surface area contributed by atoms with Gasteiger partial charge < -0.3 is 15.2 Å². The van der Waals surface area contributed by atoms with Crippen LogP contribution >= 0.6 is 11.6 Å². The highest BCUT2D eigenvalue weighted by Crippen LogP contribution is 2.60. The molecule has 0 unspecified atom stereocenters. The number of ether oxygens (including phenoxy) is 1. The molecule has 0 spiro atoms. The van der Waals surface area contributed by atoms with Crippen LogP contribution in [0.2, 0.25) is 5.02 Å². The van der Waals surface area contributed by atoms with Crippen molar-refractivity contribution in [2.45, 2.75) is 31.4 Å². The van der Waals surface area contributed by atoms with Gasteiger partial charge in [-0.2, -0.15) is 5.10 Å². The number of aromatic amines is 1. The van der Waals surface area contributed by atoms with Crippen molar-refractivity contribution in [3.05, 3.63) is 28.9 Å². The molecule has 1 aromatic heterocycles. The van der Waals surface area contributed by atoms with E-state index in [0.717, 1.165) is 16.5 Å². The second kappa shape index (κ2) is 5.11. The van der Waals surface area contributed by atoms with Crippen LogP contribution in [0.3, 0.4) is 0 Å². The lowest BCUT2D eigenvalue weighted by Crippen LogP contribution is -2.33. The molecule has 2 aliphatic rings. The summed E-state index contributed by atoms with van der Waals surface area (Å²) >= 11 is 6.17. The SMILES string of the molecule is CCOC(=O)N[C@H]1[C@@H]2C[C@@](O)(c3cc(Cl)cc4[nH]ncc34)C[C@@H]21. The Bertz CT molecular complexity index is 763. The molecule has 0 radical (unpaired) electrons. The van der Waals surface area contributed by atoms with Crippen molar-refractivity contribution in [1.82, 2.24) is 15.5 Å². The number of alkyl carbamates (subject to hydrolysis) is 1.